The maximum Gasteiger partial charge on any atom is 0.308 e. The summed E-state index contributed by atoms with van der Waals surface area (Å²) in [5, 5.41) is 0. The van der Waals surface area contributed by atoms with Gasteiger partial charge in [0, 0.05) is 13.2 Å². The van der Waals surface area contributed by atoms with E-state index in [4.69, 9.17) is 14.2 Å². The average Bonchev–Trinajstić information content (AvgIpc) is 3.00. The molecule has 2 rings (SSSR count). The molecule has 4 heteroatoms. The topological polar surface area (TPSA) is 44.8 Å². The van der Waals surface area contributed by atoms with Gasteiger partial charge >= 0.3 is 5.97 Å². The molecule has 0 radical (unpaired) electrons. The van der Waals surface area contributed by atoms with Gasteiger partial charge in [-0.25, -0.2) is 0 Å². The van der Waals surface area contributed by atoms with Crippen molar-refractivity contribution in [2.75, 3.05) is 20.3 Å². The first kappa shape index (κ1) is 16.0. The van der Waals surface area contributed by atoms with Crippen molar-refractivity contribution in [3.63, 3.8) is 0 Å². The molecule has 0 bridgehead atoms. The van der Waals surface area contributed by atoms with Crippen LogP contribution in [0.1, 0.15) is 31.2 Å². The molecule has 0 spiro atoms. The van der Waals surface area contributed by atoms with Gasteiger partial charge in [0.25, 0.3) is 0 Å². The minimum Gasteiger partial charge on any atom is -0.469 e. The zero-order valence-corrected chi connectivity index (χ0v) is 12.6. The van der Waals surface area contributed by atoms with E-state index in [1.165, 1.54) is 12.7 Å². The molecule has 1 saturated carbocycles. The summed E-state index contributed by atoms with van der Waals surface area (Å²) < 4.78 is 16.2. The Kier molecular flexibility index (Phi) is 6.70. The first-order valence-electron chi connectivity index (χ1n) is 7.60. The van der Waals surface area contributed by atoms with E-state index in [0.717, 1.165) is 25.7 Å². The standard InChI is InChI=1S/C17H24O4/c1-19-17(18)15-8-9-16(12-15)21-11-5-10-20-13-14-6-3-2-4-7-14/h2-4,6-7,15-16H,5,8-13H2,1H3/t15-,16?/m0/s1. The van der Waals surface area contributed by atoms with E-state index >= 15 is 0 Å². The van der Waals surface area contributed by atoms with Gasteiger partial charge in [0.2, 0.25) is 0 Å². The maximum atomic E-state index is 11.4. The highest BCUT2D eigenvalue weighted by molar-refractivity contribution is 5.72. The molecule has 0 saturated heterocycles. The molecular weight excluding hydrogens is 268 g/mol. The van der Waals surface area contributed by atoms with Gasteiger partial charge in [0.1, 0.15) is 0 Å². The molecule has 1 aromatic rings. The molecule has 0 aliphatic heterocycles. The van der Waals surface area contributed by atoms with Crippen molar-refractivity contribution in [2.24, 2.45) is 5.92 Å². The lowest BCUT2D eigenvalue weighted by atomic mass is 10.1. The Morgan fingerprint density at radius 2 is 2.00 bits per heavy atom. The molecule has 1 unspecified atom stereocenters. The number of hydrogen-bond donors (Lipinski definition) is 0. The Bertz CT molecular complexity index is 418. The molecule has 0 N–H and O–H groups in total. The summed E-state index contributed by atoms with van der Waals surface area (Å²) in [4.78, 5) is 11.4. The third-order valence-corrected chi connectivity index (χ3v) is 3.82. The zero-order chi connectivity index (χ0) is 14.9. The normalized spacial score (nSPS) is 21.4. The van der Waals surface area contributed by atoms with Gasteiger partial charge in [-0.15, -0.1) is 0 Å². The third kappa shape index (κ3) is 5.48. The molecule has 0 amide bonds. The fourth-order valence-corrected chi connectivity index (χ4v) is 2.65. The van der Waals surface area contributed by atoms with E-state index in [1.807, 2.05) is 18.2 Å². The van der Waals surface area contributed by atoms with Gasteiger partial charge < -0.3 is 14.2 Å². The molecule has 0 heterocycles. The second-order valence-corrected chi connectivity index (χ2v) is 5.42. The molecule has 1 aromatic carbocycles. The van der Waals surface area contributed by atoms with Crippen molar-refractivity contribution in [1.82, 2.24) is 0 Å². The number of esters is 1. The van der Waals surface area contributed by atoms with Crippen LogP contribution in [0.3, 0.4) is 0 Å². The van der Waals surface area contributed by atoms with Crippen molar-refractivity contribution in [1.29, 1.82) is 0 Å². The highest BCUT2D eigenvalue weighted by Gasteiger charge is 2.30. The van der Waals surface area contributed by atoms with Crippen LogP contribution in [-0.4, -0.2) is 32.4 Å². The average molecular weight is 292 g/mol. The second-order valence-electron chi connectivity index (χ2n) is 5.42. The lowest BCUT2D eigenvalue weighted by molar-refractivity contribution is -0.145. The summed E-state index contributed by atoms with van der Waals surface area (Å²) in [6.45, 7) is 2.03. The van der Waals surface area contributed by atoms with Crippen LogP contribution in [0.5, 0.6) is 0 Å². The molecule has 116 valence electrons. The number of carbonyl (C=O) groups is 1. The van der Waals surface area contributed by atoms with Gasteiger partial charge in [-0.05, 0) is 31.2 Å². The third-order valence-electron chi connectivity index (χ3n) is 3.82. The summed E-state index contributed by atoms with van der Waals surface area (Å²) in [7, 11) is 1.45. The minimum absolute atomic E-state index is 0.0225. The molecule has 4 nitrogen and oxygen atoms in total. The van der Waals surface area contributed by atoms with E-state index < -0.39 is 0 Å². The van der Waals surface area contributed by atoms with Gasteiger partial charge in [0.15, 0.2) is 0 Å². The summed E-state index contributed by atoms with van der Waals surface area (Å²) in [6, 6.07) is 10.1. The van der Waals surface area contributed by atoms with Crippen LogP contribution in [0, 0.1) is 5.92 Å². The first-order valence-corrected chi connectivity index (χ1v) is 7.60. The van der Waals surface area contributed by atoms with Crippen LogP contribution in [0.15, 0.2) is 30.3 Å². The predicted octanol–water partition coefficient (Wildman–Crippen LogP) is 2.95. The monoisotopic (exact) mass is 292 g/mol. The number of carbonyl (C=O) groups excluding carboxylic acids is 1. The molecule has 1 fully saturated rings. The van der Waals surface area contributed by atoms with E-state index in [0.29, 0.717) is 19.8 Å². The fourth-order valence-electron chi connectivity index (χ4n) is 2.65. The largest absolute Gasteiger partial charge is 0.469 e. The van der Waals surface area contributed by atoms with Crippen molar-refractivity contribution >= 4 is 5.97 Å². The van der Waals surface area contributed by atoms with Gasteiger partial charge in [0.05, 0.1) is 25.7 Å². The van der Waals surface area contributed by atoms with Crippen LogP contribution in [-0.2, 0) is 25.6 Å². The predicted molar refractivity (Wildman–Crippen MR) is 79.8 cm³/mol. The van der Waals surface area contributed by atoms with Crippen LogP contribution in [0.4, 0.5) is 0 Å². The Balaban J connectivity index is 1.50. The quantitative estimate of drug-likeness (QED) is 0.546. The second kappa shape index (κ2) is 8.80. The highest BCUT2D eigenvalue weighted by Crippen LogP contribution is 2.28. The molecule has 2 atom stereocenters. The van der Waals surface area contributed by atoms with E-state index in [1.54, 1.807) is 0 Å². The van der Waals surface area contributed by atoms with E-state index in [2.05, 4.69) is 12.1 Å². The van der Waals surface area contributed by atoms with Crippen LogP contribution < -0.4 is 0 Å². The number of rotatable bonds is 8. The van der Waals surface area contributed by atoms with Crippen LogP contribution in [0.2, 0.25) is 0 Å². The molecule has 1 aliphatic carbocycles. The fraction of sp³-hybridized carbons (Fsp3) is 0.588. The van der Waals surface area contributed by atoms with Crippen LogP contribution in [0.25, 0.3) is 0 Å². The van der Waals surface area contributed by atoms with Gasteiger partial charge in [-0.1, -0.05) is 30.3 Å². The molecule has 0 aromatic heterocycles. The summed E-state index contributed by atoms with van der Waals surface area (Å²) in [5.74, 6) is -0.0818. The number of methoxy groups -OCH3 is 1. The van der Waals surface area contributed by atoms with Crippen molar-refractivity contribution in [3.8, 4) is 0 Å². The molecule has 1 aliphatic rings. The van der Waals surface area contributed by atoms with Crippen molar-refractivity contribution in [2.45, 2.75) is 38.4 Å². The Labute approximate surface area is 126 Å². The number of hydrogen-bond acceptors (Lipinski definition) is 4. The Morgan fingerprint density at radius 3 is 2.76 bits per heavy atom. The lowest BCUT2D eigenvalue weighted by Crippen LogP contribution is -2.16. The van der Waals surface area contributed by atoms with E-state index in [-0.39, 0.29) is 18.0 Å². The Morgan fingerprint density at radius 1 is 1.19 bits per heavy atom. The first-order chi connectivity index (χ1) is 10.3. The molecular formula is C17H24O4. The maximum absolute atomic E-state index is 11.4. The summed E-state index contributed by atoms with van der Waals surface area (Å²) in [6.07, 6.45) is 3.69. The zero-order valence-electron chi connectivity index (χ0n) is 12.6. The summed E-state index contributed by atoms with van der Waals surface area (Å²) >= 11 is 0. The van der Waals surface area contributed by atoms with Crippen molar-refractivity contribution in [3.05, 3.63) is 35.9 Å². The van der Waals surface area contributed by atoms with E-state index in [9.17, 15) is 4.79 Å². The lowest BCUT2D eigenvalue weighted by Gasteiger charge is -2.12. The summed E-state index contributed by atoms with van der Waals surface area (Å²) in [5.41, 5.74) is 1.19. The number of benzene rings is 1. The Hall–Kier alpha value is -1.39. The minimum atomic E-state index is -0.104. The van der Waals surface area contributed by atoms with Crippen LogP contribution >= 0.6 is 0 Å². The highest BCUT2D eigenvalue weighted by atomic mass is 16.5. The molecule has 21 heavy (non-hydrogen) atoms. The SMILES string of the molecule is COC(=O)[C@H]1CCC(OCCCOCc2ccccc2)C1. The van der Waals surface area contributed by atoms with Gasteiger partial charge in [-0.3, -0.25) is 4.79 Å². The smallest absolute Gasteiger partial charge is 0.308 e. The van der Waals surface area contributed by atoms with Gasteiger partial charge in [-0.2, -0.15) is 0 Å². The number of ether oxygens (including phenoxy) is 3. The van der Waals surface area contributed by atoms with Crippen molar-refractivity contribution < 1.29 is 19.0 Å².